The molecule has 3 aromatic rings. The normalized spacial score (nSPS) is 10.8. The van der Waals surface area contributed by atoms with Gasteiger partial charge in [-0.2, -0.15) is 0 Å². The molecule has 0 radical (unpaired) electrons. The van der Waals surface area contributed by atoms with Gasteiger partial charge in [-0.05, 0) is 31.5 Å². The van der Waals surface area contributed by atoms with E-state index in [2.05, 4.69) is 27.4 Å². The van der Waals surface area contributed by atoms with Crippen LogP contribution >= 0.6 is 11.6 Å². The Kier molecular flexibility index (Phi) is 5.49. The van der Waals surface area contributed by atoms with Gasteiger partial charge in [0, 0.05) is 23.0 Å². The number of alkyl halides is 1. The second kappa shape index (κ2) is 7.97. The van der Waals surface area contributed by atoms with Crippen molar-refractivity contribution in [3.8, 4) is 5.75 Å². The Hall–Kier alpha value is -2.33. The summed E-state index contributed by atoms with van der Waals surface area (Å²) in [4.78, 5) is 8.92. The van der Waals surface area contributed by atoms with Crippen molar-refractivity contribution in [3.05, 3.63) is 60.0 Å². The molecule has 0 atom stereocenters. The van der Waals surface area contributed by atoms with Crippen molar-refractivity contribution < 1.29 is 4.74 Å². The number of anilines is 1. The second-order valence-electron chi connectivity index (χ2n) is 5.54. The molecule has 4 nitrogen and oxygen atoms in total. The third kappa shape index (κ3) is 3.95. The number of halogens is 1. The number of benzene rings is 1. The van der Waals surface area contributed by atoms with E-state index in [0.29, 0.717) is 19.0 Å². The molecule has 0 bridgehead atoms. The first kappa shape index (κ1) is 16.5. The fraction of sp³-hybridized carbons (Fsp3) is 0.263. The zero-order valence-electron chi connectivity index (χ0n) is 13.6. The van der Waals surface area contributed by atoms with Crippen molar-refractivity contribution >= 4 is 28.2 Å². The summed E-state index contributed by atoms with van der Waals surface area (Å²) >= 11 is 5.69. The number of fused-ring (bicyclic) bond motifs is 1. The molecular weight excluding hydrogens is 322 g/mol. The Bertz CT molecular complexity index is 823. The molecule has 0 unspecified atom stereocenters. The molecule has 0 amide bonds. The minimum atomic E-state index is 0.605. The van der Waals surface area contributed by atoms with Gasteiger partial charge in [-0.1, -0.05) is 18.2 Å². The van der Waals surface area contributed by atoms with E-state index in [4.69, 9.17) is 16.3 Å². The molecule has 5 heteroatoms. The van der Waals surface area contributed by atoms with Crippen LogP contribution in [-0.2, 0) is 6.54 Å². The smallest absolute Gasteiger partial charge is 0.125 e. The summed E-state index contributed by atoms with van der Waals surface area (Å²) in [5.41, 5.74) is 3.98. The first-order valence-corrected chi connectivity index (χ1v) is 8.53. The van der Waals surface area contributed by atoms with E-state index in [0.717, 1.165) is 40.0 Å². The van der Waals surface area contributed by atoms with E-state index in [1.165, 1.54) is 0 Å². The first-order chi connectivity index (χ1) is 11.8. The van der Waals surface area contributed by atoms with Gasteiger partial charge >= 0.3 is 0 Å². The van der Waals surface area contributed by atoms with Gasteiger partial charge < -0.3 is 10.1 Å². The van der Waals surface area contributed by atoms with Gasteiger partial charge in [0.2, 0.25) is 0 Å². The molecule has 0 saturated heterocycles. The SMILES string of the molecule is Cc1c(OCCCCl)ccnc1CNc1cnc2ccccc2c1. The summed E-state index contributed by atoms with van der Waals surface area (Å²) in [6.07, 6.45) is 4.46. The molecule has 3 rings (SSSR count). The Labute approximate surface area is 146 Å². The number of rotatable bonds is 7. The van der Waals surface area contributed by atoms with Crippen molar-refractivity contribution in [1.29, 1.82) is 0 Å². The average Bonchev–Trinajstić information content (AvgIpc) is 2.62. The van der Waals surface area contributed by atoms with Crippen LogP contribution in [0, 0.1) is 6.92 Å². The lowest BCUT2D eigenvalue weighted by atomic mass is 10.2. The van der Waals surface area contributed by atoms with E-state index in [9.17, 15) is 0 Å². The summed E-state index contributed by atoms with van der Waals surface area (Å²) in [5.74, 6) is 1.47. The summed E-state index contributed by atoms with van der Waals surface area (Å²) in [5, 5.41) is 4.50. The Morgan fingerprint density at radius 3 is 2.92 bits per heavy atom. The lowest BCUT2D eigenvalue weighted by Crippen LogP contribution is -2.06. The zero-order valence-corrected chi connectivity index (χ0v) is 14.4. The minimum Gasteiger partial charge on any atom is -0.493 e. The van der Waals surface area contributed by atoms with Crippen molar-refractivity contribution in [3.63, 3.8) is 0 Å². The molecule has 124 valence electrons. The van der Waals surface area contributed by atoms with E-state index < -0.39 is 0 Å². The number of aromatic nitrogens is 2. The predicted molar refractivity (Wildman–Crippen MR) is 98.9 cm³/mol. The number of pyridine rings is 2. The predicted octanol–water partition coefficient (Wildman–Crippen LogP) is 4.56. The maximum absolute atomic E-state index is 5.76. The molecular formula is C19H20ClN3O. The molecule has 2 heterocycles. The van der Waals surface area contributed by atoms with Crippen molar-refractivity contribution in [2.75, 3.05) is 17.8 Å². The minimum absolute atomic E-state index is 0.605. The van der Waals surface area contributed by atoms with Crippen LogP contribution in [0.25, 0.3) is 10.9 Å². The third-order valence-electron chi connectivity index (χ3n) is 3.84. The van der Waals surface area contributed by atoms with Crippen LogP contribution in [-0.4, -0.2) is 22.5 Å². The standard InChI is InChI=1S/C19H20ClN3O/c1-14-18(21-9-7-19(14)24-10-4-8-20)13-22-16-11-15-5-2-3-6-17(15)23-12-16/h2-3,5-7,9,11-12,22H,4,8,10,13H2,1H3. The number of nitrogens with one attached hydrogen (secondary N) is 1. The monoisotopic (exact) mass is 341 g/mol. The van der Waals surface area contributed by atoms with Crippen LogP contribution in [0.2, 0.25) is 0 Å². The van der Waals surface area contributed by atoms with Crippen LogP contribution < -0.4 is 10.1 Å². The summed E-state index contributed by atoms with van der Waals surface area (Å²) in [6.45, 7) is 3.27. The van der Waals surface area contributed by atoms with Gasteiger partial charge in [0.05, 0.1) is 36.2 Å². The molecule has 0 fully saturated rings. The van der Waals surface area contributed by atoms with E-state index >= 15 is 0 Å². The van der Waals surface area contributed by atoms with E-state index in [-0.39, 0.29) is 0 Å². The fourth-order valence-electron chi connectivity index (χ4n) is 2.48. The summed E-state index contributed by atoms with van der Waals surface area (Å²) in [7, 11) is 0. The highest BCUT2D eigenvalue weighted by molar-refractivity contribution is 6.17. The van der Waals surface area contributed by atoms with Gasteiger partial charge in [-0.3, -0.25) is 9.97 Å². The second-order valence-corrected chi connectivity index (χ2v) is 5.92. The average molecular weight is 342 g/mol. The van der Waals surface area contributed by atoms with Crippen LogP contribution in [0.1, 0.15) is 17.7 Å². The van der Waals surface area contributed by atoms with Crippen LogP contribution in [0.15, 0.2) is 48.8 Å². The van der Waals surface area contributed by atoms with Crippen molar-refractivity contribution in [2.45, 2.75) is 19.9 Å². The first-order valence-electron chi connectivity index (χ1n) is 8.00. The van der Waals surface area contributed by atoms with Gasteiger partial charge in [0.25, 0.3) is 0 Å². The third-order valence-corrected chi connectivity index (χ3v) is 4.11. The maximum Gasteiger partial charge on any atom is 0.125 e. The molecule has 0 spiro atoms. The quantitative estimate of drug-likeness (QED) is 0.505. The molecule has 2 aromatic heterocycles. The Morgan fingerprint density at radius 2 is 2.04 bits per heavy atom. The molecule has 0 aliphatic rings. The Balaban J connectivity index is 1.70. The topological polar surface area (TPSA) is 47.0 Å². The number of para-hydroxylation sites is 1. The highest BCUT2D eigenvalue weighted by Gasteiger charge is 2.07. The summed E-state index contributed by atoms with van der Waals surface area (Å²) < 4.78 is 5.76. The van der Waals surface area contributed by atoms with Gasteiger partial charge in [-0.25, -0.2) is 0 Å². The maximum atomic E-state index is 5.76. The molecule has 1 N–H and O–H groups in total. The van der Waals surface area contributed by atoms with Crippen LogP contribution in [0.4, 0.5) is 5.69 Å². The lowest BCUT2D eigenvalue weighted by Gasteiger charge is -2.13. The van der Waals surface area contributed by atoms with Crippen LogP contribution in [0.3, 0.4) is 0 Å². The van der Waals surface area contributed by atoms with Gasteiger partial charge in [0.15, 0.2) is 0 Å². The molecule has 0 aliphatic carbocycles. The number of ether oxygens (including phenoxy) is 1. The van der Waals surface area contributed by atoms with E-state index in [1.807, 2.05) is 37.4 Å². The lowest BCUT2D eigenvalue weighted by molar-refractivity contribution is 0.315. The number of hydrogen-bond acceptors (Lipinski definition) is 4. The molecule has 1 aromatic carbocycles. The highest BCUT2D eigenvalue weighted by Crippen LogP contribution is 2.21. The zero-order chi connectivity index (χ0) is 16.8. The number of nitrogens with zero attached hydrogens (tertiary/aromatic N) is 2. The molecule has 0 aliphatic heterocycles. The van der Waals surface area contributed by atoms with Crippen LogP contribution in [0.5, 0.6) is 5.75 Å². The van der Waals surface area contributed by atoms with Gasteiger partial charge in [-0.15, -0.1) is 11.6 Å². The largest absolute Gasteiger partial charge is 0.493 e. The van der Waals surface area contributed by atoms with E-state index in [1.54, 1.807) is 6.20 Å². The Morgan fingerprint density at radius 1 is 1.17 bits per heavy atom. The molecule has 24 heavy (non-hydrogen) atoms. The van der Waals surface area contributed by atoms with Crippen molar-refractivity contribution in [1.82, 2.24) is 9.97 Å². The number of hydrogen-bond donors (Lipinski definition) is 1. The van der Waals surface area contributed by atoms with Crippen molar-refractivity contribution in [2.24, 2.45) is 0 Å². The fourth-order valence-corrected chi connectivity index (χ4v) is 2.59. The summed E-state index contributed by atoms with van der Waals surface area (Å²) in [6, 6.07) is 12.1. The molecule has 0 saturated carbocycles. The highest BCUT2D eigenvalue weighted by atomic mass is 35.5. The van der Waals surface area contributed by atoms with Gasteiger partial charge in [0.1, 0.15) is 5.75 Å².